The van der Waals surface area contributed by atoms with Gasteiger partial charge in [0.25, 0.3) is 0 Å². The fraction of sp³-hybridized carbons (Fsp3) is 0.385. The van der Waals surface area contributed by atoms with E-state index in [0.29, 0.717) is 30.4 Å². The summed E-state index contributed by atoms with van der Waals surface area (Å²) in [6.45, 7) is 1.83. The van der Waals surface area contributed by atoms with Crippen molar-refractivity contribution in [3.63, 3.8) is 0 Å². The molecule has 1 unspecified atom stereocenters. The van der Waals surface area contributed by atoms with E-state index in [1.165, 1.54) is 0 Å². The second-order valence-corrected chi connectivity index (χ2v) is 4.72. The zero-order chi connectivity index (χ0) is 13.7. The van der Waals surface area contributed by atoms with E-state index in [-0.39, 0.29) is 12.5 Å². The van der Waals surface area contributed by atoms with E-state index in [2.05, 4.69) is 11.4 Å². The molecule has 0 aliphatic carbocycles. The van der Waals surface area contributed by atoms with Crippen LogP contribution in [0.25, 0.3) is 0 Å². The van der Waals surface area contributed by atoms with Crippen LogP contribution >= 0.6 is 11.6 Å². The fourth-order valence-electron chi connectivity index (χ4n) is 1.89. The summed E-state index contributed by atoms with van der Waals surface area (Å²) >= 11 is 5.84. The van der Waals surface area contributed by atoms with E-state index < -0.39 is 6.10 Å². The standard InChI is InChI=1S/C13H14ClN3O2/c14-10-2-1-3-11(6-10)16-13(18)9-17-4-5-19-12(7-15)8-17/h1-3,6,12H,4-5,8-9H2,(H,16,18). The van der Waals surface area contributed by atoms with E-state index in [9.17, 15) is 4.79 Å². The van der Waals surface area contributed by atoms with Crippen molar-refractivity contribution in [3.05, 3.63) is 29.3 Å². The molecule has 1 heterocycles. The molecule has 1 amide bonds. The average molecular weight is 280 g/mol. The molecule has 2 rings (SSSR count). The van der Waals surface area contributed by atoms with E-state index in [0.717, 1.165) is 0 Å². The lowest BCUT2D eigenvalue weighted by Gasteiger charge is -2.28. The van der Waals surface area contributed by atoms with Crippen molar-refractivity contribution in [2.45, 2.75) is 6.10 Å². The van der Waals surface area contributed by atoms with Gasteiger partial charge in [0.05, 0.1) is 19.2 Å². The van der Waals surface area contributed by atoms with E-state index >= 15 is 0 Å². The van der Waals surface area contributed by atoms with Gasteiger partial charge in [-0.1, -0.05) is 17.7 Å². The Balaban J connectivity index is 1.86. The number of benzene rings is 1. The van der Waals surface area contributed by atoms with Gasteiger partial charge in [-0.2, -0.15) is 5.26 Å². The molecule has 0 saturated carbocycles. The third-order valence-corrected chi connectivity index (χ3v) is 3.01. The number of nitriles is 1. The molecule has 1 aromatic carbocycles. The third kappa shape index (κ3) is 4.21. The number of carbonyl (C=O) groups excluding carboxylic acids is 1. The first kappa shape index (κ1) is 13.8. The molecule has 1 aliphatic rings. The van der Waals surface area contributed by atoms with Crippen LogP contribution in [0.1, 0.15) is 0 Å². The highest BCUT2D eigenvalue weighted by Gasteiger charge is 2.21. The number of morpholine rings is 1. The molecular formula is C13H14ClN3O2. The van der Waals surface area contributed by atoms with Gasteiger partial charge in [-0.05, 0) is 18.2 Å². The van der Waals surface area contributed by atoms with Gasteiger partial charge in [0.1, 0.15) is 0 Å². The second kappa shape index (κ2) is 6.53. The number of ether oxygens (including phenoxy) is 1. The van der Waals surface area contributed by atoms with Crippen LogP contribution in [0.5, 0.6) is 0 Å². The van der Waals surface area contributed by atoms with Gasteiger partial charge in [0.2, 0.25) is 5.91 Å². The Morgan fingerprint density at radius 3 is 3.21 bits per heavy atom. The van der Waals surface area contributed by atoms with Gasteiger partial charge < -0.3 is 10.1 Å². The van der Waals surface area contributed by atoms with Crippen LogP contribution in [0.3, 0.4) is 0 Å². The molecule has 1 aliphatic heterocycles. The predicted octanol–water partition coefficient (Wildman–Crippen LogP) is 1.50. The number of nitrogens with zero attached hydrogens (tertiary/aromatic N) is 2. The van der Waals surface area contributed by atoms with Crippen molar-refractivity contribution in [1.29, 1.82) is 5.26 Å². The first-order chi connectivity index (χ1) is 9.17. The summed E-state index contributed by atoms with van der Waals surface area (Å²) < 4.78 is 5.22. The molecule has 1 saturated heterocycles. The van der Waals surface area contributed by atoms with Crippen LogP contribution in [-0.4, -0.2) is 43.2 Å². The molecule has 0 aromatic heterocycles. The second-order valence-electron chi connectivity index (χ2n) is 4.28. The number of amides is 1. The van der Waals surface area contributed by atoms with Crippen molar-refractivity contribution in [3.8, 4) is 6.07 Å². The lowest BCUT2D eigenvalue weighted by Crippen LogP contribution is -2.45. The first-order valence-corrected chi connectivity index (χ1v) is 6.34. The number of hydrogen-bond donors (Lipinski definition) is 1. The number of rotatable bonds is 3. The minimum atomic E-state index is -0.451. The Hall–Kier alpha value is -1.61. The average Bonchev–Trinajstić information content (AvgIpc) is 2.38. The molecule has 1 atom stereocenters. The summed E-state index contributed by atoms with van der Waals surface area (Å²) in [5, 5.41) is 12.1. The zero-order valence-corrected chi connectivity index (χ0v) is 11.1. The fourth-order valence-corrected chi connectivity index (χ4v) is 2.08. The third-order valence-electron chi connectivity index (χ3n) is 2.77. The highest BCUT2D eigenvalue weighted by molar-refractivity contribution is 6.30. The van der Waals surface area contributed by atoms with Crippen molar-refractivity contribution in [2.24, 2.45) is 0 Å². The van der Waals surface area contributed by atoms with Crippen molar-refractivity contribution >= 4 is 23.2 Å². The predicted molar refractivity (Wildman–Crippen MR) is 71.9 cm³/mol. The number of halogens is 1. The summed E-state index contributed by atoms with van der Waals surface area (Å²) in [5.74, 6) is -0.124. The number of anilines is 1. The van der Waals surface area contributed by atoms with Gasteiger partial charge in [-0.15, -0.1) is 0 Å². The highest BCUT2D eigenvalue weighted by Crippen LogP contribution is 2.15. The zero-order valence-electron chi connectivity index (χ0n) is 10.3. The van der Waals surface area contributed by atoms with Gasteiger partial charge in [-0.3, -0.25) is 9.69 Å². The van der Waals surface area contributed by atoms with Crippen molar-refractivity contribution < 1.29 is 9.53 Å². The minimum absolute atomic E-state index is 0.124. The number of hydrogen-bond acceptors (Lipinski definition) is 4. The van der Waals surface area contributed by atoms with Crippen LogP contribution in [0.2, 0.25) is 5.02 Å². The first-order valence-electron chi connectivity index (χ1n) is 5.96. The van der Waals surface area contributed by atoms with E-state index in [4.69, 9.17) is 21.6 Å². The number of carbonyl (C=O) groups is 1. The van der Waals surface area contributed by atoms with Crippen molar-refractivity contribution in [2.75, 3.05) is 31.6 Å². The summed E-state index contributed by atoms with van der Waals surface area (Å²) in [4.78, 5) is 13.8. The maximum absolute atomic E-state index is 11.9. The summed E-state index contributed by atoms with van der Waals surface area (Å²) in [6, 6.07) is 9.04. The van der Waals surface area contributed by atoms with Crippen LogP contribution < -0.4 is 5.32 Å². The van der Waals surface area contributed by atoms with Crippen molar-refractivity contribution in [1.82, 2.24) is 4.90 Å². The Bertz CT molecular complexity index is 501. The smallest absolute Gasteiger partial charge is 0.238 e. The Morgan fingerprint density at radius 1 is 1.63 bits per heavy atom. The summed E-state index contributed by atoms with van der Waals surface area (Å²) in [7, 11) is 0. The quantitative estimate of drug-likeness (QED) is 0.911. The van der Waals surface area contributed by atoms with Crippen LogP contribution in [-0.2, 0) is 9.53 Å². The summed E-state index contributed by atoms with van der Waals surface area (Å²) in [5.41, 5.74) is 0.669. The highest BCUT2D eigenvalue weighted by atomic mass is 35.5. The monoisotopic (exact) mass is 279 g/mol. The van der Waals surface area contributed by atoms with Crippen LogP contribution in [0.15, 0.2) is 24.3 Å². The van der Waals surface area contributed by atoms with Gasteiger partial charge in [0, 0.05) is 23.8 Å². The van der Waals surface area contributed by atoms with E-state index in [1.54, 1.807) is 24.3 Å². The normalized spacial score (nSPS) is 19.7. The van der Waals surface area contributed by atoms with Gasteiger partial charge in [-0.25, -0.2) is 0 Å². The van der Waals surface area contributed by atoms with Crippen LogP contribution in [0, 0.1) is 11.3 Å². The molecule has 100 valence electrons. The molecule has 1 fully saturated rings. The molecule has 0 radical (unpaired) electrons. The topological polar surface area (TPSA) is 65.4 Å². The van der Waals surface area contributed by atoms with Crippen LogP contribution in [0.4, 0.5) is 5.69 Å². The molecule has 6 heteroatoms. The molecule has 0 bridgehead atoms. The molecule has 19 heavy (non-hydrogen) atoms. The summed E-state index contributed by atoms with van der Waals surface area (Å²) in [6.07, 6.45) is -0.451. The maximum atomic E-state index is 11.9. The lowest BCUT2D eigenvalue weighted by molar-refractivity contribution is -0.118. The Kier molecular flexibility index (Phi) is 4.74. The van der Waals surface area contributed by atoms with Gasteiger partial charge >= 0.3 is 0 Å². The van der Waals surface area contributed by atoms with Gasteiger partial charge in [0.15, 0.2) is 6.10 Å². The largest absolute Gasteiger partial charge is 0.361 e. The minimum Gasteiger partial charge on any atom is -0.361 e. The maximum Gasteiger partial charge on any atom is 0.238 e. The molecule has 1 N–H and O–H groups in total. The molecule has 5 nitrogen and oxygen atoms in total. The number of nitrogens with one attached hydrogen (secondary N) is 1. The molecule has 1 aromatic rings. The molecule has 0 spiro atoms. The Morgan fingerprint density at radius 2 is 2.47 bits per heavy atom. The molecular weight excluding hydrogens is 266 g/mol. The Labute approximate surface area is 116 Å². The lowest BCUT2D eigenvalue weighted by atomic mass is 10.3. The SMILES string of the molecule is N#CC1CN(CC(=O)Nc2cccc(Cl)c2)CCO1. The van der Waals surface area contributed by atoms with E-state index in [1.807, 2.05) is 4.90 Å².